The highest BCUT2D eigenvalue weighted by atomic mass is 16.5. The molecular formula is C9H21N3O. The molecule has 1 unspecified atom stereocenters. The van der Waals surface area contributed by atoms with Crippen molar-refractivity contribution < 1.29 is 4.74 Å². The van der Waals surface area contributed by atoms with E-state index in [0.29, 0.717) is 6.54 Å². The number of morpholine rings is 1. The third-order valence-electron chi connectivity index (χ3n) is 2.35. The van der Waals surface area contributed by atoms with E-state index in [4.69, 9.17) is 10.5 Å². The Hall–Kier alpha value is -0.160. The van der Waals surface area contributed by atoms with Crippen LogP contribution in [0.4, 0.5) is 0 Å². The number of likely N-dealkylation sites (N-methyl/N-ethyl adjacent to an activating group) is 1. The van der Waals surface area contributed by atoms with Gasteiger partial charge in [0.05, 0.1) is 12.7 Å². The molecule has 1 heterocycles. The van der Waals surface area contributed by atoms with Gasteiger partial charge in [0.2, 0.25) is 0 Å². The largest absolute Gasteiger partial charge is 0.374 e. The number of nitrogens with two attached hydrogens (primary N) is 1. The van der Waals surface area contributed by atoms with Gasteiger partial charge in [-0.3, -0.25) is 4.90 Å². The van der Waals surface area contributed by atoms with Crippen molar-refractivity contribution in [1.82, 2.24) is 9.80 Å². The normalized spacial score (nSPS) is 25.4. The highest BCUT2D eigenvalue weighted by Gasteiger charge is 2.18. The van der Waals surface area contributed by atoms with E-state index in [2.05, 4.69) is 23.9 Å². The van der Waals surface area contributed by atoms with Crippen LogP contribution in [0.15, 0.2) is 0 Å². The van der Waals surface area contributed by atoms with Gasteiger partial charge in [0.25, 0.3) is 0 Å². The van der Waals surface area contributed by atoms with Crippen LogP contribution in [0.3, 0.4) is 0 Å². The second-order valence-corrected chi connectivity index (χ2v) is 3.83. The first-order valence-electron chi connectivity index (χ1n) is 4.91. The molecule has 1 fully saturated rings. The molecule has 0 aromatic rings. The molecule has 0 radical (unpaired) electrons. The molecule has 1 atom stereocenters. The number of hydrogen-bond donors (Lipinski definition) is 1. The molecule has 0 amide bonds. The standard InChI is InChI=1S/C9H21N3O/c1-11(2)3-4-12-5-6-13-9(7-10)8-12/h9H,3-8,10H2,1-2H3. The quantitative estimate of drug-likeness (QED) is 0.626. The van der Waals surface area contributed by atoms with E-state index in [-0.39, 0.29) is 6.10 Å². The maximum Gasteiger partial charge on any atom is 0.0824 e. The van der Waals surface area contributed by atoms with Gasteiger partial charge in [0.15, 0.2) is 0 Å². The van der Waals surface area contributed by atoms with Crippen molar-refractivity contribution in [2.24, 2.45) is 5.73 Å². The topological polar surface area (TPSA) is 41.7 Å². The molecule has 2 N–H and O–H groups in total. The highest BCUT2D eigenvalue weighted by molar-refractivity contribution is 4.72. The molecule has 0 aliphatic carbocycles. The molecule has 1 saturated heterocycles. The van der Waals surface area contributed by atoms with E-state index in [1.165, 1.54) is 0 Å². The van der Waals surface area contributed by atoms with Crippen LogP contribution in [0.1, 0.15) is 0 Å². The van der Waals surface area contributed by atoms with Crippen molar-refractivity contribution in [1.29, 1.82) is 0 Å². The summed E-state index contributed by atoms with van der Waals surface area (Å²) >= 11 is 0. The maximum atomic E-state index is 5.56. The molecule has 13 heavy (non-hydrogen) atoms. The van der Waals surface area contributed by atoms with Crippen LogP contribution in [0.5, 0.6) is 0 Å². The lowest BCUT2D eigenvalue weighted by Crippen LogP contribution is -2.47. The molecule has 4 nitrogen and oxygen atoms in total. The molecule has 78 valence electrons. The molecule has 0 aromatic heterocycles. The van der Waals surface area contributed by atoms with Crippen LogP contribution in [0, 0.1) is 0 Å². The lowest BCUT2D eigenvalue weighted by molar-refractivity contribution is -0.0243. The van der Waals surface area contributed by atoms with Gasteiger partial charge in [0, 0.05) is 32.7 Å². The summed E-state index contributed by atoms with van der Waals surface area (Å²) in [7, 11) is 4.20. The second kappa shape index (κ2) is 5.54. The molecule has 1 aliphatic rings. The van der Waals surface area contributed by atoms with E-state index >= 15 is 0 Å². The zero-order chi connectivity index (χ0) is 9.68. The van der Waals surface area contributed by atoms with Crippen molar-refractivity contribution in [2.45, 2.75) is 6.10 Å². The fourth-order valence-corrected chi connectivity index (χ4v) is 1.47. The Balaban J connectivity index is 2.18. The number of rotatable bonds is 4. The summed E-state index contributed by atoms with van der Waals surface area (Å²) < 4.78 is 5.48. The van der Waals surface area contributed by atoms with Crippen molar-refractivity contribution in [3.63, 3.8) is 0 Å². The van der Waals surface area contributed by atoms with Crippen LogP contribution < -0.4 is 5.73 Å². The average Bonchev–Trinajstić information content (AvgIpc) is 2.15. The Morgan fingerprint density at radius 2 is 2.31 bits per heavy atom. The van der Waals surface area contributed by atoms with E-state index < -0.39 is 0 Å². The van der Waals surface area contributed by atoms with E-state index in [1.54, 1.807) is 0 Å². The van der Waals surface area contributed by atoms with Crippen LogP contribution in [-0.4, -0.2) is 69.3 Å². The summed E-state index contributed by atoms with van der Waals surface area (Å²) in [6.07, 6.45) is 0.246. The van der Waals surface area contributed by atoms with Gasteiger partial charge < -0.3 is 15.4 Å². The lowest BCUT2D eigenvalue weighted by Gasteiger charge is -2.32. The zero-order valence-electron chi connectivity index (χ0n) is 8.70. The van der Waals surface area contributed by atoms with Gasteiger partial charge >= 0.3 is 0 Å². The third kappa shape index (κ3) is 4.04. The highest BCUT2D eigenvalue weighted by Crippen LogP contribution is 2.03. The second-order valence-electron chi connectivity index (χ2n) is 3.83. The van der Waals surface area contributed by atoms with Gasteiger partial charge in [-0.25, -0.2) is 0 Å². The number of nitrogens with zero attached hydrogens (tertiary/aromatic N) is 2. The SMILES string of the molecule is CN(C)CCN1CCOC(CN)C1. The monoisotopic (exact) mass is 187 g/mol. The Kier molecular flexibility index (Phi) is 4.66. The number of hydrogen-bond acceptors (Lipinski definition) is 4. The lowest BCUT2D eigenvalue weighted by atomic mass is 10.2. The molecule has 1 aliphatic heterocycles. The summed E-state index contributed by atoms with van der Waals surface area (Å²) in [6.45, 7) is 5.73. The van der Waals surface area contributed by atoms with Crippen LogP contribution in [0.2, 0.25) is 0 Å². The van der Waals surface area contributed by atoms with Gasteiger partial charge in [-0.15, -0.1) is 0 Å². The van der Waals surface area contributed by atoms with Gasteiger partial charge in [-0.1, -0.05) is 0 Å². The van der Waals surface area contributed by atoms with Crippen molar-refractivity contribution in [3.05, 3.63) is 0 Å². The Morgan fingerprint density at radius 3 is 2.92 bits per heavy atom. The zero-order valence-corrected chi connectivity index (χ0v) is 8.70. The Bertz CT molecular complexity index is 141. The van der Waals surface area contributed by atoms with Crippen molar-refractivity contribution in [3.8, 4) is 0 Å². The summed E-state index contributed by atoms with van der Waals surface area (Å²) in [5.41, 5.74) is 5.56. The first kappa shape index (κ1) is 10.9. The smallest absolute Gasteiger partial charge is 0.0824 e. The summed E-state index contributed by atoms with van der Waals surface area (Å²) in [5, 5.41) is 0. The first-order valence-corrected chi connectivity index (χ1v) is 4.91. The van der Waals surface area contributed by atoms with Gasteiger partial charge in [-0.2, -0.15) is 0 Å². The molecule has 0 saturated carbocycles. The fraction of sp³-hybridized carbons (Fsp3) is 1.00. The van der Waals surface area contributed by atoms with Crippen LogP contribution in [-0.2, 0) is 4.74 Å². The predicted octanol–water partition coefficient (Wildman–Crippen LogP) is -0.792. The predicted molar refractivity (Wildman–Crippen MR) is 53.8 cm³/mol. The van der Waals surface area contributed by atoms with Crippen molar-refractivity contribution in [2.75, 3.05) is 53.4 Å². The third-order valence-corrected chi connectivity index (χ3v) is 2.35. The minimum atomic E-state index is 0.246. The maximum absolute atomic E-state index is 5.56. The van der Waals surface area contributed by atoms with Gasteiger partial charge in [0.1, 0.15) is 0 Å². The summed E-state index contributed by atoms with van der Waals surface area (Å²) in [4.78, 5) is 4.62. The first-order chi connectivity index (χ1) is 6.22. The minimum absolute atomic E-state index is 0.246. The fourth-order valence-electron chi connectivity index (χ4n) is 1.47. The Labute approximate surface area is 80.6 Å². The molecule has 0 aromatic carbocycles. The molecular weight excluding hydrogens is 166 g/mol. The summed E-state index contributed by atoms with van der Waals surface area (Å²) in [5.74, 6) is 0. The molecule has 1 rings (SSSR count). The average molecular weight is 187 g/mol. The van der Waals surface area contributed by atoms with E-state index in [0.717, 1.165) is 32.8 Å². The van der Waals surface area contributed by atoms with Crippen LogP contribution >= 0.6 is 0 Å². The minimum Gasteiger partial charge on any atom is -0.374 e. The van der Waals surface area contributed by atoms with E-state index in [9.17, 15) is 0 Å². The van der Waals surface area contributed by atoms with Gasteiger partial charge in [-0.05, 0) is 14.1 Å². The molecule has 0 spiro atoms. The van der Waals surface area contributed by atoms with Crippen LogP contribution in [0.25, 0.3) is 0 Å². The Morgan fingerprint density at radius 1 is 1.54 bits per heavy atom. The molecule has 0 bridgehead atoms. The van der Waals surface area contributed by atoms with E-state index in [1.807, 2.05) is 0 Å². The summed E-state index contributed by atoms with van der Waals surface area (Å²) in [6, 6.07) is 0. The van der Waals surface area contributed by atoms with Crippen molar-refractivity contribution >= 4 is 0 Å². The molecule has 4 heteroatoms. The number of ether oxygens (including phenoxy) is 1.